The zero-order valence-electron chi connectivity index (χ0n) is 5.85. The van der Waals surface area contributed by atoms with E-state index in [1.165, 1.54) is 25.3 Å². The molecule has 1 aromatic heterocycles. The molecule has 0 saturated heterocycles. The maximum atomic E-state index is 10.7. The molecular weight excluding hydrogens is 148 g/mol. The van der Waals surface area contributed by atoms with Crippen molar-refractivity contribution in [2.24, 2.45) is 0 Å². The zero-order valence-corrected chi connectivity index (χ0v) is 5.85. The summed E-state index contributed by atoms with van der Waals surface area (Å²) in [4.78, 5) is 20.9. The highest BCUT2D eigenvalue weighted by molar-refractivity contribution is 5.92. The second kappa shape index (κ2) is 2.53. The Morgan fingerprint density at radius 2 is 2.36 bits per heavy atom. The number of Topliss-reactive ketones (excluding diaryl/α,β-unsaturated/α-hetero) is 1. The van der Waals surface area contributed by atoms with E-state index in [0.717, 1.165) is 0 Å². The summed E-state index contributed by atoms with van der Waals surface area (Å²) in [5, 5.41) is 9.56. The Morgan fingerprint density at radius 1 is 1.73 bits per heavy atom. The summed E-state index contributed by atoms with van der Waals surface area (Å²) in [6.45, 7) is 1.29. The summed E-state index contributed by atoms with van der Waals surface area (Å²) in [7, 11) is 0. The lowest BCUT2D eigenvalue weighted by Gasteiger charge is -1.93. The lowest BCUT2D eigenvalue weighted by molar-refractivity contribution is -0.542. The highest BCUT2D eigenvalue weighted by atomic mass is 16.7. The minimum Gasteiger partial charge on any atom is -0.293 e. The third-order valence-electron chi connectivity index (χ3n) is 1.26. The molecule has 0 aromatic carbocycles. The first-order valence-corrected chi connectivity index (χ1v) is 2.96. The average Bonchev–Trinajstić information content (AvgIpc) is 2.32. The number of nitrogens with zero attached hydrogens (tertiary/aromatic N) is 2. The van der Waals surface area contributed by atoms with Crippen molar-refractivity contribution in [2.75, 3.05) is 0 Å². The van der Waals surface area contributed by atoms with Crippen LogP contribution >= 0.6 is 0 Å². The van der Waals surface area contributed by atoms with Gasteiger partial charge in [-0.15, -0.1) is 0 Å². The zero-order chi connectivity index (χ0) is 8.43. The van der Waals surface area contributed by atoms with Gasteiger partial charge < -0.3 is 0 Å². The van der Waals surface area contributed by atoms with Gasteiger partial charge in [-0.2, -0.15) is 0 Å². The van der Waals surface area contributed by atoms with Crippen LogP contribution in [0.25, 0.3) is 0 Å². The highest BCUT2D eigenvalue weighted by Gasteiger charge is 2.11. The van der Waals surface area contributed by atoms with Gasteiger partial charge in [-0.05, 0) is 12.1 Å². The average molecular weight is 154 g/mol. The van der Waals surface area contributed by atoms with E-state index >= 15 is 0 Å². The Hall–Kier alpha value is -1.65. The molecule has 0 bridgehead atoms. The molecule has 0 N–H and O–H groups in total. The summed E-state index contributed by atoms with van der Waals surface area (Å²) >= 11 is 0. The van der Waals surface area contributed by atoms with Crippen LogP contribution in [0.15, 0.2) is 18.3 Å². The summed E-state index contributed by atoms with van der Waals surface area (Å²) in [6, 6.07) is 2.87. The maximum absolute atomic E-state index is 10.7. The van der Waals surface area contributed by atoms with Gasteiger partial charge in [0.15, 0.2) is 16.5 Å². The first-order valence-electron chi connectivity index (χ1n) is 2.96. The van der Waals surface area contributed by atoms with Gasteiger partial charge in [-0.3, -0.25) is 4.79 Å². The fourth-order valence-corrected chi connectivity index (χ4v) is 0.793. The van der Waals surface area contributed by atoms with Crippen LogP contribution in [-0.4, -0.2) is 15.5 Å². The molecule has 0 saturated carbocycles. The topological polar surface area (TPSA) is 65.1 Å². The van der Waals surface area contributed by atoms with E-state index in [0.29, 0.717) is 4.68 Å². The van der Waals surface area contributed by atoms with Gasteiger partial charge >= 0.3 is 0 Å². The normalized spacial score (nSPS) is 9.55. The maximum Gasteiger partial charge on any atom is 0.182 e. The van der Waals surface area contributed by atoms with Crippen LogP contribution in [-0.2, 0) is 0 Å². The highest BCUT2D eigenvalue weighted by Crippen LogP contribution is 2.01. The van der Waals surface area contributed by atoms with Crippen LogP contribution in [0.3, 0.4) is 0 Å². The molecular formula is C6H6N2O3. The second-order valence-corrected chi connectivity index (χ2v) is 2.03. The summed E-state index contributed by atoms with van der Waals surface area (Å²) < 4.78 is 0.697. The number of ketones is 1. The SMILES string of the molecule is CC(=O)c1cccn1[N+](=O)[O-]. The number of carbonyl (C=O) groups is 1. The molecule has 0 unspecified atom stereocenters. The van der Waals surface area contributed by atoms with Gasteiger partial charge in [-0.1, -0.05) is 4.68 Å². The molecule has 0 spiro atoms. The molecule has 0 aliphatic carbocycles. The Bertz CT molecular complexity index is 274. The Morgan fingerprint density at radius 3 is 2.73 bits per heavy atom. The Labute approximate surface area is 62.4 Å². The molecule has 1 rings (SSSR count). The largest absolute Gasteiger partial charge is 0.293 e. The lowest BCUT2D eigenvalue weighted by atomic mass is 10.3. The molecule has 5 heteroatoms. The second-order valence-electron chi connectivity index (χ2n) is 2.03. The van der Waals surface area contributed by atoms with E-state index in [4.69, 9.17) is 0 Å². The number of aromatic nitrogens is 1. The molecule has 58 valence electrons. The van der Waals surface area contributed by atoms with Gasteiger partial charge in [0, 0.05) is 6.92 Å². The van der Waals surface area contributed by atoms with Crippen LogP contribution in [0.5, 0.6) is 0 Å². The number of rotatable bonds is 2. The predicted octanol–water partition coefficient (Wildman–Crippen LogP) is 0.731. The molecule has 0 fully saturated rings. The minimum absolute atomic E-state index is 0.0926. The minimum atomic E-state index is -0.642. The van der Waals surface area contributed by atoms with Crippen molar-refractivity contribution in [3.05, 3.63) is 34.1 Å². The fraction of sp³-hybridized carbons (Fsp3) is 0.167. The molecule has 0 atom stereocenters. The van der Waals surface area contributed by atoms with Crippen LogP contribution in [0.2, 0.25) is 0 Å². The van der Waals surface area contributed by atoms with Crippen molar-refractivity contribution in [1.29, 1.82) is 0 Å². The molecule has 1 aromatic rings. The van der Waals surface area contributed by atoms with E-state index < -0.39 is 5.03 Å². The van der Waals surface area contributed by atoms with Crippen LogP contribution < -0.4 is 0 Å². The van der Waals surface area contributed by atoms with E-state index in [1.54, 1.807) is 0 Å². The standard InChI is InChI=1S/C6H6N2O3/c1-5(9)6-3-2-4-7(6)8(10)11/h2-4H,1H3. The smallest absolute Gasteiger partial charge is 0.182 e. The molecule has 0 radical (unpaired) electrons. The van der Waals surface area contributed by atoms with E-state index in [9.17, 15) is 14.9 Å². The molecule has 5 nitrogen and oxygen atoms in total. The van der Waals surface area contributed by atoms with Crippen LogP contribution in [0.1, 0.15) is 17.4 Å². The Balaban J connectivity index is 3.16. The van der Waals surface area contributed by atoms with Crippen LogP contribution in [0, 0.1) is 10.1 Å². The third-order valence-corrected chi connectivity index (χ3v) is 1.26. The third kappa shape index (κ3) is 1.26. The molecule has 11 heavy (non-hydrogen) atoms. The van der Waals surface area contributed by atoms with Crippen molar-refractivity contribution < 1.29 is 9.83 Å². The monoisotopic (exact) mass is 154 g/mol. The van der Waals surface area contributed by atoms with Gasteiger partial charge in [0.25, 0.3) is 0 Å². The van der Waals surface area contributed by atoms with Crippen molar-refractivity contribution in [2.45, 2.75) is 6.92 Å². The van der Waals surface area contributed by atoms with E-state index in [2.05, 4.69) is 0 Å². The molecule has 1 heterocycles. The van der Waals surface area contributed by atoms with Crippen LogP contribution in [0.4, 0.5) is 0 Å². The van der Waals surface area contributed by atoms with Gasteiger partial charge in [0.1, 0.15) is 0 Å². The van der Waals surface area contributed by atoms with Gasteiger partial charge in [0.2, 0.25) is 0 Å². The first-order chi connectivity index (χ1) is 5.13. The van der Waals surface area contributed by atoms with Crippen molar-refractivity contribution in [1.82, 2.24) is 4.68 Å². The van der Waals surface area contributed by atoms with E-state index in [1.807, 2.05) is 0 Å². The Kier molecular flexibility index (Phi) is 1.72. The predicted molar refractivity (Wildman–Crippen MR) is 36.8 cm³/mol. The molecule has 0 aliphatic rings. The number of nitro groups is 1. The molecule has 0 amide bonds. The van der Waals surface area contributed by atoms with E-state index in [-0.39, 0.29) is 11.5 Å². The summed E-state index contributed by atoms with van der Waals surface area (Å²) in [6.07, 6.45) is 1.23. The number of hydrogen-bond donors (Lipinski definition) is 0. The summed E-state index contributed by atoms with van der Waals surface area (Å²) in [5.74, 6) is -0.313. The van der Waals surface area contributed by atoms with Gasteiger partial charge in [-0.25, -0.2) is 10.1 Å². The van der Waals surface area contributed by atoms with Gasteiger partial charge in [0.05, 0.1) is 6.20 Å². The van der Waals surface area contributed by atoms with Crippen molar-refractivity contribution >= 4 is 5.78 Å². The first kappa shape index (κ1) is 7.46. The lowest BCUT2D eigenvalue weighted by Crippen LogP contribution is -2.13. The molecule has 0 aliphatic heterocycles. The number of carbonyl (C=O) groups excluding carboxylic acids is 1. The quantitative estimate of drug-likeness (QED) is 0.358. The van der Waals surface area contributed by atoms with Crippen molar-refractivity contribution in [3.63, 3.8) is 0 Å². The number of hydrogen-bond acceptors (Lipinski definition) is 3. The van der Waals surface area contributed by atoms with Crippen molar-refractivity contribution in [3.8, 4) is 0 Å². The summed E-state index contributed by atoms with van der Waals surface area (Å²) in [5.41, 5.74) is 0.0926. The fourth-order valence-electron chi connectivity index (χ4n) is 0.793.